The summed E-state index contributed by atoms with van der Waals surface area (Å²) in [4.78, 5) is 64.6. The molecule has 0 bridgehead atoms. The number of methoxy groups -OCH3 is 2. The van der Waals surface area contributed by atoms with Gasteiger partial charge in [0, 0.05) is 11.8 Å². The maximum Gasteiger partial charge on any atom is 0.325 e. The molecule has 30 heavy (non-hydrogen) atoms. The molecule has 3 rings (SSSR count). The molecular weight excluding hydrogens is 396 g/mol. The van der Waals surface area contributed by atoms with Crippen molar-refractivity contribution in [2.45, 2.75) is 52.7 Å². The Bertz CT molecular complexity index is 798. The lowest BCUT2D eigenvalue weighted by molar-refractivity contribution is -0.180. The van der Waals surface area contributed by atoms with Gasteiger partial charge in [-0.15, -0.1) is 0 Å². The maximum absolute atomic E-state index is 13.2. The quantitative estimate of drug-likeness (QED) is 0.370. The summed E-state index contributed by atoms with van der Waals surface area (Å²) in [6.07, 6.45) is 0. The van der Waals surface area contributed by atoms with Crippen molar-refractivity contribution in [3.05, 3.63) is 0 Å². The Morgan fingerprint density at radius 3 is 1.23 bits per heavy atom. The van der Waals surface area contributed by atoms with Gasteiger partial charge in [0.1, 0.15) is 17.0 Å². The average Bonchev–Trinajstić information content (AvgIpc) is 3.43. The summed E-state index contributed by atoms with van der Waals surface area (Å²) >= 11 is 0. The van der Waals surface area contributed by atoms with E-state index < -0.39 is 75.4 Å². The van der Waals surface area contributed by atoms with Crippen LogP contribution in [-0.2, 0) is 42.9 Å². The fourth-order valence-electron chi connectivity index (χ4n) is 5.09. The van der Waals surface area contributed by atoms with Gasteiger partial charge in [-0.3, -0.25) is 24.0 Å². The molecule has 0 radical (unpaired) electrons. The van der Waals surface area contributed by atoms with Crippen molar-refractivity contribution in [1.82, 2.24) is 0 Å². The van der Waals surface area contributed by atoms with Gasteiger partial charge in [-0.25, -0.2) is 0 Å². The minimum Gasteiger partial charge on any atom is -0.468 e. The molecule has 3 aliphatic rings. The van der Waals surface area contributed by atoms with Gasteiger partial charge in [0.15, 0.2) is 10.8 Å². The zero-order chi connectivity index (χ0) is 23.0. The smallest absolute Gasteiger partial charge is 0.325 e. The lowest BCUT2D eigenvalue weighted by Crippen LogP contribution is -2.42. The van der Waals surface area contributed by atoms with Crippen LogP contribution < -0.4 is 0 Å². The molecule has 166 valence electrons. The fourth-order valence-corrected chi connectivity index (χ4v) is 5.09. The molecule has 3 saturated carbocycles. The Hall–Kier alpha value is -2.45. The first-order valence-corrected chi connectivity index (χ1v) is 9.79. The molecular formula is C21H28O9. The Balaban J connectivity index is 2.06. The Kier molecular flexibility index (Phi) is 4.65. The molecule has 0 amide bonds. The molecule has 0 aromatic rings. The number of fused-ring (bicyclic) bond motifs is 3. The van der Waals surface area contributed by atoms with Crippen molar-refractivity contribution in [3.8, 4) is 0 Å². The second kappa shape index (κ2) is 6.28. The number of carbonyl (C=O) groups is 5. The summed E-state index contributed by atoms with van der Waals surface area (Å²) in [5.74, 6) is -7.87. The van der Waals surface area contributed by atoms with Gasteiger partial charge in [0.25, 0.3) is 0 Å². The summed E-state index contributed by atoms with van der Waals surface area (Å²) < 4.78 is 20.5. The Morgan fingerprint density at radius 2 is 0.967 bits per heavy atom. The van der Waals surface area contributed by atoms with Crippen LogP contribution in [0.1, 0.15) is 41.5 Å². The zero-order valence-electron chi connectivity index (χ0n) is 18.5. The standard InChI is InChI=1S/C21H28O9/c1-18(2,3)29-16(25)21(17(26)30-19(4,5)6)10-9-11(13(22)12(10)21)20(9,14(23)27-7)15(24)28-8/h9-12H,1-8H3/t9-,10+,11+,12-/m1/s1. The van der Waals surface area contributed by atoms with E-state index in [9.17, 15) is 24.0 Å². The van der Waals surface area contributed by atoms with Crippen molar-refractivity contribution < 1.29 is 42.9 Å². The Labute approximate surface area is 174 Å². The van der Waals surface area contributed by atoms with E-state index in [-0.39, 0.29) is 0 Å². The van der Waals surface area contributed by atoms with E-state index in [4.69, 9.17) is 18.9 Å². The van der Waals surface area contributed by atoms with E-state index in [0.29, 0.717) is 0 Å². The third kappa shape index (κ3) is 2.70. The lowest BCUT2D eigenvalue weighted by atomic mass is 9.94. The van der Waals surface area contributed by atoms with Crippen molar-refractivity contribution in [1.29, 1.82) is 0 Å². The number of esters is 4. The van der Waals surface area contributed by atoms with Crippen LogP contribution in [0.3, 0.4) is 0 Å². The van der Waals surface area contributed by atoms with E-state index in [0.717, 1.165) is 14.2 Å². The molecule has 0 N–H and O–H groups in total. The summed E-state index contributed by atoms with van der Waals surface area (Å²) in [5, 5.41) is 0. The minimum atomic E-state index is -1.89. The third-order valence-electron chi connectivity index (χ3n) is 6.05. The van der Waals surface area contributed by atoms with E-state index in [1.165, 1.54) is 0 Å². The number of carbonyl (C=O) groups excluding carboxylic acids is 5. The largest absolute Gasteiger partial charge is 0.468 e. The van der Waals surface area contributed by atoms with Crippen LogP contribution in [0, 0.1) is 34.5 Å². The molecule has 0 aromatic heterocycles. The molecule has 9 heteroatoms. The molecule has 0 saturated heterocycles. The third-order valence-corrected chi connectivity index (χ3v) is 6.05. The lowest BCUT2D eigenvalue weighted by Gasteiger charge is -2.27. The number of ether oxygens (including phenoxy) is 4. The molecule has 4 atom stereocenters. The van der Waals surface area contributed by atoms with Crippen molar-refractivity contribution in [3.63, 3.8) is 0 Å². The monoisotopic (exact) mass is 424 g/mol. The van der Waals surface area contributed by atoms with Gasteiger partial charge in [-0.05, 0) is 41.5 Å². The summed E-state index contributed by atoms with van der Waals surface area (Å²) in [7, 11) is 2.20. The van der Waals surface area contributed by atoms with Crippen LogP contribution in [-0.4, -0.2) is 55.1 Å². The van der Waals surface area contributed by atoms with E-state index in [1.807, 2.05) is 0 Å². The Morgan fingerprint density at radius 1 is 0.667 bits per heavy atom. The first-order chi connectivity index (χ1) is 13.6. The van der Waals surface area contributed by atoms with Gasteiger partial charge in [0.2, 0.25) is 0 Å². The number of Topliss-reactive ketones (excluding diaryl/α,β-unsaturated/α-hetero) is 1. The predicted molar refractivity (Wildman–Crippen MR) is 99.6 cm³/mol. The van der Waals surface area contributed by atoms with Crippen LogP contribution in [0.5, 0.6) is 0 Å². The molecule has 0 aromatic carbocycles. The van der Waals surface area contributed by atoms with Crippen molar-refractivity contribution in [2.24, 2.45) is 34.5 Å². The second-order valence-corrected chi connectivity index (χ2v) is 10.1. The average molecular weight is 424 g/mol. The molecule has 0 unspecified atom stereocenters. The summed E-state index contributed by atoms with van der Waals surface area (Å²) in [5.41, 5.74) is -5.57. The summed E-state index contributed by atoms with van der Waals surface area (Å²) in [6, 6.07) is 0. The number of rotatable bonds is 4. The molecule has 3 fully saturated rings. The number of hydrogen-bond acceptors (Lipinski definition) is 9. The highest BCUT2D eigenvalue weighted by Gasteiger charge is 2.98. The van der Waals surface area contributed by atoms with Crippen LogP contribution in [0.25, 0.3) is 0 Å². The van der Waals surface area contributed by atoms with Gasteiger partial charge in [-0.2, -0.15) is 0 Å². The molecule has 0 heterocycles. The number of hydrogen-bond donors (Lipinski definition) is 0. The van der Waals surface area contributed by atoms with Crippen LogP contribution in [0.15, 0.2) is 0 Å². The van der Waals surface area contributed by atoms with Gasteiger partial charge < -0.3 is 18.9 Å². The predicted octanol–water partition coefficient (Wildman–Crippen LogP) is 1.06. The van der Waals surface area contributed by atoms with Crippen LogP contribution >= 0.6 is 0 Å². The zero-order valence-corrected chi connectivity index (χ0v) is 18.5. The van der Waals surface area contributed by atoms with E-state index in [2.05, 4.69) is 0 Å². The summed E-state index contributed by atoms with van der Waals surface area (Å²) in [6.45, 7) is 9.84. The second-order valence-electron chi connectivity index (χ2n) is 10.1. The molecule has 0 aliphatic heterocycles. The first kappa shape index (κ1) is 22.2. The first-order valence-electron chi connectivity index (χ1n) is 9.79. The van der Waals surface area contributed by atoms with Crippen molar-refractivity contribution in [2.75, 3.05) is 14.2 Å². The van der Waals surface area contributed by atoms with Crippen LogP contribution in [0.2, 0.25) is 0 Å². The highest BCUT2D eigenvalue weighted by molar-refractivity contribution is 6.20. The van der Waals surface area contributed by atoms with Gasteiger partial charge in [0.05, 0.1) is 26.1 Å². The highest BCUT2D eigenvalue weighted by Crippen LogP contribution is 2.84. The van der Waals surface area contributed by atoms with Gasteiger partial charge in [-0.1, -0.05) is 0 Å². The highest BCUT2D eigenvalue weighted by atomic mass is 16.6. The normalized spacial score (nSPS) is 29.8. The van der Waals surface area contributed by atoms with Crippen molar-refractivity contribution >= 4 is 29.7 Å². The van der Waals surface area contributed by atoms with E-state index >= 15 is 0 Å². The molecule has 0 spiro atoms. The molecule has 3 aliphatic carbocycles. The van der Waals surface area contributed by atoms with Gasteiger partial charge >= 0.3 is 23.9 Å². The molecule has 9 nitrogen and oxygen atoms in total. The topological polar surface area (TPSA) is 122 Å². The number of ketones is 1. The van der Waals surface area contributed by atoms with Crippen LogP contribution in [0.4, 0.5) is 0 Å². The minimum absolute atomic E-state index is 0.516. The maximum atomic E-state index is 13.2. The SMILES string of the molecule is COC(=O)C1(C(=O)OC)[C@@H]2[C@H]3[C@H](C(=O)[C@H]21)C3(C(=O)OC(C)(C)C)C(=O)OC(C)(C)C. The fraction of sp³-hybridized carbons (Fsp3) is 0.762. The van der Waals surface area contributed by atoms with E-state index in [1.54, 1.807) is 41.5 Å².